The molecule has 0 spiro atoms. The van der Waals surface area contributed by atoms with Gasteiger partial charge in [0, 0.05) is 32.9 Å². The van der Waals surface area contributed by atoms with Crippen molar-refractivity contribution in [2.24, 2.45) is 0 Å². The van der Waals surface area contributed by atoms with Gasteiger partial charge in [-0.05, 0) is 66.7 Å². The van der Waals surface area contributed by atoms with Gasteiger partial charge in [-0.1, -0.05) is 61.2 Å². The Morgan fingerprint density at radius 1 is 0.500 bits per heavy atom. The number of para-hydroxylation sites is 1. The normalized spacial score (nSPS) is 11.8. The molecule has 5 heteroatoms. The number of fused-ring (bicyclic) bond motifs is 6. The molecule has 5 aromatic carbocycles. The number of benzene rings is 5. The van der Waals surface area contributed by atoms with Gasteiger partial charge in [0.05, 0.1) is 53.4 Å². The molecule has 4 nitrogen and oxygen atoms in total. The van der Waals surface area contributed by atoms with Crippen molar-refractivity contribution in [2.75, 3.05) is 0 Å². The van der Waals surface area contributed by atoms with Gasteiger partial charge in [-0.3, -0.25) is 0 Å². The molecule has 2 aromatic heterocycles. The second kappa shape index (κ2) is 8.71. The summed E-state index contributed by atoms with van der Waals surface area (Å²) in [5.41, 5.74) is 7.82. The van der Waals surface area contributed by atoms with E-state index >= 15 is 0 Å². The average molecular weight is 531 g/mol. The minimum atomic E-state index is -1.53. The molecular formula is C35H26N4Si. The van der Waals surface area contributed by atoms with Gasteiger partial charge in [0.1, 0.15) is 0 Å². The van der Waals surface area contributed by atoms with Crippen LogP contribution in [-0.4, -0.2) is 17.2 Å². The van der Waals surface area contributed by atoms with E-state index in [0.29, 0.717) is 11.1 Å². The minimum absolute atomic E-state index is 0.656. The highest BCUT2D eigenvalue weighted by Crippen LogP contribution is 2.36. The highest BCUT2D eigenvalue weighted by Gasteiger charge is 2.20. The lowest BCUT2D eigenvalue weighted by atomic mass is 10.1. The summed E-state index contributed by atoms with van der Waals surface area (Å²) in [6, 6.07) is 40.3. The molecule has 0 unspecified atom stereocenters. The molecule has 0 atom stereocenters. The molecule has 0 radical (unpaired) electrons. The van der Waals surface area contributed by atoms with Crippen LogP contribution in [0.15, 0.2) is 103 Å². The van der Waals surface area contributed by atoms with Crippen molar-refractivity contribution < 1.29 is 0 Å². The van der Waals surface area contributed by atoms with Gasteiger partial charge in [0.2, 0.25) is 0 Å². The first-order chi connectivity index (χ1) is 19.4. The fourth-order valence-electron chi connectivity index (χ4n) is 5.93. The van der Waals surface area contributed by atoms with Crippen LogP contribution in [0.4, 0.5) is 0 Å². The van der Waals surface area contributed by atoms with Gasteiger partial charge in [0.15, 0.2) is 0 Å². The Kier molecular flexibility index (Phi) is 5.22. The maximum Gasteiger partial charge on any atom is 0.0991 e. The maximum absolute atomic E-state index is 9.65. The van der Waals surface area contributed by atoms with Crippen molar-refractivity contribution in [3.8, 4) is 23.5 Å². The lowest BCUT2D eigenvalue weighted by Gasteiger charge is -2.17. The van der Waals surface area contributed by atoms with Crippen LogP contribution in [0.3, 0.4) is 0 Å². The minimum Gasteiger partial charge on any atom is -0.309 e. The van der Waals surface area contributed by atoms with E-state index < -0.39 is 8.07 Å². The zero-order valence-corrected chi connectivity index (χ0v) is 23.6. The molecule has 0 amide bonds. The maximum atomic E-state index is 9.65. The van der Waals surface area contributed by atoms with Gasteiger partial charge in [-0.2, -0.15) is 10.5 Å². The Balaban J connectivity index is 1.52. The lowest BCUT2D eigenvalue weighted by Crippen LogP contribution is -2.37. The lowest BCUT2D eigenvalue weighted by molar-refractivity contribution is 1.13. The zero-order valence-electron chi connectivity index (χ0n) is 22.6. The van der Waals surface area contributed by atoms with Gasteiger partial charge in [-0.15, -0.1) is 0 Å². The second-order valence-corrected chi connectivity index (χ2v) is 16.5. The van der Waals surface area contributed by atoms with Crippen LogP contribution in [0, 0.1) is 22.7 Å². The van der Waals surface area contributed by atoms with Crippen molar-refractivity contribution in [3.05, 3.63) is 114 Å². The van der Waals surface area contributed by atoms with Crippen molar-refractivity contribution in [1.29, 1.82) is 10.5 Å². The van der Waals surface area contributed by atoms with Gasteiger partial charge >= 0.3 is 0 Å². The summed E-state index contributed by atoms with van der Waals surface area (Å²) in [6.45, 7) is 7.09. The number of hydrogen-bond donors (Lipinski definition) is 0. The first-order valence-electron chi connectivity index (χ1n) is 13.4. The van der Waals surface area contributed by atoms with E-state index in [9.17, 15) is 10.5 Å². The summed E-state index contributed by atoms with van der Waals surface area (Å²) >= 11 is 0. The third-order valence-corrected chi connectivity index (χ3v) is 9.95. The molecule has 190 valence electrons. The fourth-order valence-corrected chi connectivity index (χ4v) is 7.09. The number of nitriles is 2. The van der Waals surface area contributed by atoms with E-state index in [-0.39, 0.29) is 0 Å². The van der Waals surface area contributed by atoms with Gasteiger partial charge < -0.3 is 9.13 Å². The Hall–Kier alpha value is -5.10. The summed E-state index contributed by atoms with van der Waals surface area (Å²) < 4.78 is 4.59. The van der Waals surface area contributed by atoms with E-state index in [1.165, 1.54) is 10.6 Å². The van der Waals surface area contributed by atoms with E-state index in [4.69, 9.17) is 0 Å². The molecule has 7 rings (SSSR count). The van der Waals surface area contributed by atoms with Crippen molar-refractivity contribution in [3.63, 3.8) is 0 Å². The average Bonchev–Trinajstić information content (AvgIpc) is 3.48. The summed E-state index contributed by atoms with van der Waals surface area (Å²) in [7, 11) is -1.53. The Morgan fingerprint density at radius 2 is 1.00 bits per heavy atom. The number of rotatable bonds is 3. The summed E-state index contributed by atoms with van der Waals surface area (Å²) in [5.74, 6) is 0. The van der Waals surface area contributed by atoms with E-state index in [0.717, 1.165) is 49.6 Å². The topological polar surface area (TPSA) is 57.4 Å². The van der Waals surface area contributed by atoms with Crippen LogP contribution in [-0.2, 0) is 0 Å². The fraction of sp³-hybridized carbons (Fsp3) is 0.0857. The second-order valence-electron chi connectivity index (χ2n) is 11.4. The standard InChI is InChI=1S/C35H26N4Si/c1-40(2,3)27-13-16-35-31(20-27)30-18-24(22-37)12-15-34(30)39(35)26-8-6-7-25(19-26)38-32-10-5-4-9-28(32)29-17-23(21-36)11-14-33(29)38/h4-20H,1-3H3. The van der Waals surface area contributed by atoms with Gasteiger partial charge in [0.25, 0.3) is 0 Å². The summed E-state index contributed by atoms with van der Waals surface area (Å²) in [6.07, 6.45) is 0. The number of nitrogens with zero attached hydrogens (tertiary/aromatic N) is 4. The monoisotopic (exact) mass is 530 g/mol. The van der Waals surface area contributed by atoms with Crippen LogP contribution >= 0.6 is 0 Å². The van der Waals surface area contributed by atoms with Crippen LogP contribution < -0.4 is 5.19 Å². The highest BCUT2D eigenvalue weighted by atomic mass is 28.3. The zero-order chi connectivity index (χ0) is 27.6. The van der Waals surface area contributed by atoms with Crippen LogP contribution in [0.25, 0.3) is 55.0 Å². The third-order valence-electron chi connectivity index (χ3n) is 7.91. The van der Waals surface area contributed by atoms with E-state index in [1.54, 1.807) is 0 Å². The van der Waals surface area contributed by atoms with Crippen LogP contribution in [0.5, 0.6) is 0 Å². The van der Waals surface area contributed by atoms with Crippen LogP contribution in [0.1, 0.15) is 11.1 Å². The molecule has 0 saturated carbocycles. The van der Waals surface area contributed by atoms with Crippen molar-refractivity contribution >= 4 is 56.9 Å². The third kappa shape index (κ3) is 3.56. The smallest absolute Gasteiger partial charge is 0.0991 e. The predicted molar refractivity (Wildman–Crippen MR) is 168 cm³/mol. The Morgan fingerprint density at radius 3 is 1.57 bits per heavy atom. The molecular weight excluding hydrogens is 504 g/mol. The van der Waals surface area contributed by atoms with E-state index in [1.807, 2.05) is 36.4 Å². The van der Waals surface area contributed by atoms with Crippen molar-refractivity contribution in [1.82, 2.24) is 9.13 Å². The summed E-state index contributed by atoms with van der Waals surface area (Å²) in [4.78, 5) is 0. The highest BCUT2D eigenvalue weighted by molar-refractivity contribution is 6.88. The largest absolute Gasteiger partial charge is 0.309 e. The summed E-state index contributed by atoms with van der Waals surface area (Å²) in [5, 5.41) is 25.1. The molecule has 2 heterocycles. The Bertz CT molecular complexity index is 2230. The molecule has 40 heavy (non-hydrogen) atoms. The molecule has 0 aliphatic carbocycles. The SMILES string of the molecule is C[Si](C)(C)c1ccc2c(c1)c1cc(C#N)ccc1n2-c1cccc(-n2c3ccccc3c3cc(C#N)ccc32)c1. The number of hydrogen-bond acceptors (Lipinski definition) is 2. The molecule has 0 N–H and O–H groups in total. The molecule has 0 fully saturated rings. The van der Waals surface area contributed by atoms with Gasteiger partial charge in [-0.25, -0.2) is 0 Å². The van der Waals surface area contributed by atoms with E-state index in [2.05, 4.69) is 108 Å². The molecule has 0 aliphatic heterocycles. The first kappa shape index (κ1) is 24.0. The first-order valence-corrected chi connectivity index (χ1v) is 16.9. The number of aromatic nitrogens is 2. The predicted octanol–water partition coefficient (Wildman–Crippen LogP) is 8.17. The molecule has 7 aromatic rings. The van der Waals surface area contributed by atoms with Crippen LogP contribution in [0.2, 0.25) is 19.6 Å². The molecule has 0 saturated heterocycles. The quantitative estimate of drug-likeness (QED) is 0.216. The Labute approximate surface area is 233 Å². The van der Waals surface area contributed by atoms with Crippen molar-refractivity contribution in [2.45, 2.75) is 19.6 Å². The molecule has 0 aliphatic rings. The molecule has 0 bridgehead atoms.